The SMILES string of the molecule is CC(=O)O.N=C(N)c1ccc(N2CC(COc3ccc(OC(F)(F)F)cc3)OC2=O)cc1. The van der Waals surface area contributed by atoms with Gasteiger partial charge in [-0.25, -0.2) is 4.79 Å². The Morgan fingerprint density at radius 3 is 2.22 bits per heavy atom. The summed E-state index contributed by atoms with van der Waals surface area (Å²) in [5, 5.41) is 14.8. The zero-order valence-electron chi connectivity index (χ0n) is 16.8. The molecule has 1 atom stereocenters. The smallest absolute Gasteiger partial charge is 0.490 e. The Hall–Kier alpha value is -3.96. The Kier molecular flexibility index (Phi) is 7.88. The molecule has 3 rings (SSSR count). The van der Waals surface area contributed by atoms with E-state index in [0.717, 1.165) is 19.1 Å². The van der Waals surface area contributed by atoms with Gasteiger partial charge in [-0.2, -0.15) is 0 Å². The fourth-order valence-electron chi connectivity index (χ4n) is 2.57. The summed E-state index contributed by atoms with van der Waals surface area (Å²) in [5.41, 5.74) is 6.52. The van der Waals surface area contributed by atoms with E-state index in [0.29, 0.717) is 17.0 Å². The fraction of sp³-hybridized carbons (Fsp3) is 0.250. The van der Waals surface area contributed by atoms with Gasteiger partial charge in [0, 0.05) is 18.2 Å². The molecule has 12 heteroatoms. The molecule has 0 aromatic heterocycles. The van der Waals surface area contributed by atoms with Gasteiger partial charge < -0.3 is 25.1 Å². The number of ether oxygens (including phenoxy) is 3. The summed E-state index contributed by atoms with van der Waals surface area (Å²) in [6, 6.07) is 11.5. The number of anilines is 1. The summed E-state index contributed by atoms with van der Waals surface area (Å²) in [6.07, 6.45) is -5.85. The number of rotatable bonds is 6. The molecule has 0 aliphatic carbocycles. The number of hydrogen-bond acceptors (Lipinski definition) is 6. The zero-order valence-corrected chi connectivity index (χ0v) is 16.8. The van der Waals surface area contributed by atoms with E-state index in [2.05, 4.69) is 4.74 Å². The Morgan fingerprint density at radius 2 is 1.72 bits per heavy atom. The van der Waals surface area contributed by atoms with E-state index in [-0.39, 0.29) is 24.7 Å². The number of nitrogen functional groups attached to an aromatic ring is 1. The number of alkyl halides is 3. The van der Waals surface area contributed by atoms with E-state index in [1.165, 1.54) is 17.0 Å². The minimum Gasteiger partial charge on any atom is -0.490 e. The number of amides is 1. The van der Waals surface area contributed by atoms with Crippen LogP contribution in [-0.4, -0.2) is 48.6 Å². The van der Waals surface area contributed by atoms with Crippen LogP contribution in [0, 0.1) is 5.41 Å². The maximum absolute atomic E-state index is 12.1. The Labute approximate surface area is 180 Å². The van der Waals surface area contributed by atoms with Gasteiger partial charge in [-0.05, 0) is 48.5 Å². The minimum atomic E-state index is -4.76. The van der Waals surface area contributed by atoms with Gasteiger partial charge in [0.15, 0.2) is 6.10 Å². The van der Waals surface area contributed by atoms with Crippen molar-refractivity contribution in [3.8, 4) is 11.5 Å². The average Bonchev–Trinajstić information content (AvgIpc) is 3.06. The number of aliphatic carboxylic acids is 1. The monoisotopic (exact) mass is 455 g/mol. The van der Waals surface area contributed by atoms with Crippen LogP contribution in [-0.2, 0) is 9.53 Å². The number of halogens is 3. The average molecular weight is 455 g/mol. The van der Waals surface area contributed by atoms with E-state index in [4.69, 9.17) is 30.5 Å². The van der Waals surface area contributed by atoms with E-state index >= 15 is 0 Å². The molecule has 9 nitrogen and oxygen atoms in total. The Bertz CT molecular complexity index is 945. The molecule has 1 aliphatic heterocycles. The number of carbonyl (C=O) groups excluding carboxylic acids is 1. The number of carboxylic acids is 1. The highest BCUT2D eigenvalue weighted by Gasteiger charge is 2.33. The van der Waals surface area contributed by atoms with Crippen molar-refractivity contribution in [2.45, 2.75) is 19.4 Å². The summed E-state index contributed by atoms with van der Waals surface area (Å²) >= 11 is 0. The highest BCUT2D eigenvalue weighted by atomic mass is 19.4. The molecule has 1 amide bonds. The van der Waals surface area contributed by atoms with Gasteiger partial charge in [-0.1, -0.05) is 0 Å². The van der Waals surface area contributed by atoms with Gasteiger partial charge in [0.1, 0.15) is 23.9 Å². The van der Waals surface area contributed by atoms with Crippen molar-refractivity contribution >= 4 is 23.6 Å². The van der Waals surface area contributed by atoms with E-state index in [9.17, 15) is 18.0 Å². The molecular weight excluding hydrogens is 435 g/mol. The number of nitrogens with zero attached hydrogens (tertiary/aromatic N) is 1. The molecule has 1 aliphatic rings. The first-order chi connectivity index (χ1) is 14.9. The normalized spacial score (nSPS) is 15.3. The third-order valence-corrected chi connectivity index (χ3v) is 3.86. The number of cyclic esters (lactones) is 1. The lowest BCUT2D eigenvalue weighted by Crippen LogP contribution is -2.26. The molecule has 0 bridgehead atoms. The third-order valence-electron chi connectivity index (χ3n) is 3.86. The number of benzene rings is 2. The molecule has 4 N–H and O–H groups in total. The molecular formula is C20H20F3N3O6. The largest absolute Gasteiger partial charge is 0.573 e. The molecule has 172 valence electrons. The summed E-state index contributed by atoms with van der Waals surface area (Å²) in [5.74, 6) is -0.948. The first-order valence-electron chi connectivity index (χ1n) is 9.05. The van der Waals surface area contributed by atoms with Crippen LogP contribution < -0.4 is 20.1 Å². The maximum atomic E-state index is 12.1. The predicted octanol–water partition coefficient (Wildman–Crippen LogP) is 3.36. The molecule has 2 aromatic rings. The molecule has 1 saturated heterocycles. The van der Waals surface area contributed by atoms with Crippen LogP contribution in [0.2, 0.25) is 0 Å². The minimum absolute atomic E-state index is 0.0350. The lowest BCUT2D eigenvalue weighted by molar-refractivity contribution is -0.274. The number of amidine groups is 1. The first kappa shape index (κ1) is 24.3. The van der Waals surface area contributed by atoms with E-state index in [1.807, 2.05) is 0 Å². The number of carboxylic acid groups (broad SMARTS) is 1. The predicted molar refractivity (Wildman–Crippen MR) is 107 cm³/mol. The standard InChI is InChI=1S/C18H16F3N3O4.C2H4O2/c19-18(20,21)28-14-7-5-13(6-8-14)26-10-15-9-24(17(25)27-15)12-3-1-11(2-4-12)16(22)23;1-2(3)4/h1-8,15H,9-10H2,(H3,22,23);1H3,(H,3,4). The van der Waals surface area contributed by atoms with Crippen molar-refractivity contribution < 1.29 is 42.1 Å². The van der Waals surface area contributed by atoms with Crippen molar-refractivity contribution in [2.75, 3.05) is 18.1 Å². The molecule has 1 fully saturated rings. The molecule has 1 unspecified atom stereocenters. The second-order valence-corrected chi connectivity index (χ2v) is 6.43. The van der Waals surface area contributed by atoms with Crippen LogP contribution in [0.25, 0.3) is 0 Å². The molecule has 32 heavy (non-hydrogen) atoms. The van der Waals surface area contributed by atoms with Crippen LogP contribution in [0.3, 0.4) is 0 Å². The van der Waals surface area contributed by atoms with Crippen LogP contribution in [0.5, 0.6) is 11.5 Å². The van der Waals surface area contributed by atoms with Crippen molar-refractivity contribution in [1.29, 1.82) is 5.41 Å². The van der Waals surface area contributed by atoms with Crippen molar-refractivity contribution in [2.24, 2.45) is 5.73 Å². The summed E-state index contributed by atoms with van der Waals surface area (Å²) in [6.45, 7) is 1.36. The van der Waals surface area contributed by atoms with Gasteiger partial charge in [-0.15, -0.1) is 13.2 Å². The van der Waals surface area contributed by atoms with Crippen LogP contribution in [0.4, 0.5) is 23.7 Å². The quantitative estimate of drug-likeness (QED) is 0.449. The summed E-state index contributed by atoms with van der Waals surface area (Å²) in [4.78, 5) is 22.5. The Morgan fingerprint density at radius 1 is 1.19 bits per heavy atom. The lowest BCUT2D eigenvalue weighted by Gasteiger charge is -2.14. The number of hydrogen-bond donors (Lipinski definition) is 3. The third kappa shape index (κ3) is 7.70. The van der Waals surface area contributed by atoms with Crippen molar-refractivity contribution in [3.63, 3.8) is 0 Å². The van der Waals surface area contributed by atoms with Gasteiger partial charge in [0.2, 0.25) is 0 Å². The van der Waals surface area contributed by atoms with E-state index < -0.39 is 24.5 Å². The van der Waals surface area contributed by atoms with E-state index in [1.54, 1.807) is 24.3 Å². The van der Waals surface area contributed by atoms with Crippen molar-refractivity contribution in [1.82, 2.24) is 0 Å². The van der Waals surface area contributed by atoms with Crippen LogP contribution in [0.15, 0.2) is 48.5 Å². The summed E-state index contributed by atoms with van der Waals surface area (Å²) in [7, 11) is 0. The fourth-order valence-corrected chi connectivity index (χ4v) is 2.57. The van der Waals surface area contributed by atoms with Crippen LogP contribution >= 0.6 is 0 Å². The Balaban J connectivity index is 0.000000837. The van der Waals surface area contributed by atoms with Gasteiger partial charge in [-0.3, -0.25) is 15.1 Å². The van der Waals surface area contributed by atoms with Crippen LogP contribution in [0.1, 0.15) is 12.5 Å². The highest BCUT2D eigenvalue weighted by molar-refractivity contribution is 5.96. The zero-order chi connectivity index (χ0) is 23.9. The van der Waals surface area contributed by atoms with Gasteiger partial charge >= 0.3 is 12.5 Å². The molecule has 0 spiro atoms. The molecule has 0 saturated carbocycles. The van der Waals surface area contributed by atoms with Gasteiger partial charge in [0.05, 0.1) is 6.54 Å². The molecule has 2 aromatic carbocycles. The number of nitrogens with one attached hydrogen (secondary N) is 1. The first-order valence-corrected chi connectivity index (χ1v) is 9.05. The van der Waals surface area contributed by atoms with Crippen molar-refractivity contribution in [3.05, 3.63) is 54.1 Å². The topological polar surface area (TPSA) is 135 Å². The second-order valence-electron chi connectivity index (χ2n) is 6.43. The highest BCUT2D eigenvalue weighted by Crippen LogP contribution is 2.26. The number of carbonyl (C=O) groups is 2. The second kappa shape index (κ2) is 10.4. The maximum Gasteiger partial charge on any atom is 0.573 e. The number of nitrogens with two attached hydrogens (primary N) is 1. The van der Waals surface area contributed by atoms with Gasteiger partial charge in [0.25, 0.3) is 5.97 Å². The lowest BCUT2D eigenvalue weighted by atomic mass is 10.2. The molecule has 0 radical (unpaired) electrons. The molecule has 1 heterocycles. The summed E-state index contributed by atoms with van der Waals surface area (Å²) < 4.78 is 50.9.